The van der Waals surface area contributed by atoms with Gasteiger partial charge >= 0.3 is 0 Å². The van der Waals surface area contributed by atoms with Gasteiger partial charge in [0, 0.05) is 12.6 Å². The van der Waals surface area contributed by atoms with E-state index in [-0.39, 0.29) is 30.3 Å². The van der Waals surface area contributed by atoms with Crippen LogP contribution in [0.1, 0.15) is 58.8 Å². The van der Waals surface area contributed by atoms with Crippen molar-refractivity contribution in [2.75, 3.05) is 13.2 Å². The van der Waals surface area contributed by atoms with Crippen LogP contribution in [0.4, 0.5) is 0 Å². The molecule has 1 saturated heterocycles. The first-order valence-electron chi connectivity index (χ1n) is 8.34. The minimum atomic E-state index is -0.360. The number of hydrogen-bond acceptors (Lipinski definition) is 4. The summed E-state index contributed by atoms with van der Waals surface area (Å²) in [6.07, 6.45) is 7.63. The lowest BCUT2D eigenvalue weighted by Gasteiger charge is -2.23. The summed E-state index contributed by atoms with van der Waals surface area (Å²) in [5, 5.41) is 3.17. The average molecular weight is 296 g/mol. The van der Waals surface area contributed by atoms with E-state index in [0.717, 1.165) is 19.3 Å². The SMILES string of the molecule is CCC(C)N1C(=O)CC(NCCOC2CCCCC2)C1=O. The van der Waals surface area contributed by atoms with Crippen LogP contribution in [0.2, 0.25) is 0 Å². The van der Waals surface area contributed by atoms with Crippen LogP contribution in [0.15, 0.2) is 0 Å². The Labute approximate surface area is 127 Å². The molecule has 120 valence electrons. The van der Waals surface area contributed by atoms with Crippen molar-refractivity contribution in [3.8, 4) is 0 Å². The second-order valence-corrected chi connectivity index (χ2v) is 6.20. The molecule has 2 atom stereocenters. The van der Waals surface area contributed by atoms with Crippen molar-refractivity contribution in [3.63, 3.8) is 0 Å². The maximum Gasteiger partial charge on any atom is 0.247 e. The van der Waals surface area contributed by atoms with E-state index in [1.165, 1.54) is 24.2 Å². The van der Waals surface area contributed by atoms with Gasteiger partial charge in [-0.05, 0) is 26.2 Å². The largest absolute Gasteiger partial charge is 0.377 e. The number of amides is 2. The molecule has 2 rings (SSSR count). The molecule has 0 bridgehead atoms. The summed E-state index contributed by atoms with van der Waals surface area (Å²) in [6, 6.07) is -0.364. The number of rotatable bonds is 7. The number of imide groups is 1. The van der Waals surface area contributed by atoms with E-state index in [0.29, 0.717) is 19.3 Å². The standard InChI is InChI=1S/C16H28N2O3/c1-3-12(2)18-15(19)11-14(16(18)20)17-9-10-21-13-7-5-4-6-8-13/h12-14,17H,3-11H2,1-2H3. The first-order chi connectivity index (χ1) is 10.1. The van der Waals surface area contributed by atoms with Gasteiger partial charge in [-0.3, -0.25) is 14.5 Å². The fraction of sp³-hybridized carbons (Fsp3) is 0.875. The van der Waals surface area contributed by atoms with Crippen molar-refractivity contribution in [1.29, 1.82) is 0 Å². The summed E-state index contributed by atoms with van der Waals surface area (Å²) in [7, 11) is 0. The highest BCUT2D eigenvalue weighted by Gasteiger charge is 2.40. The minimum Gasteiger partial charge on any atom is -0.377 e. The molecular formula is C16H28N2O3. The van der Waals surface area contributed by atoms with Gasteiger partial charge in [-0.15, -0.1) is 0 Å². The minimum absolute atomic E-state index is 0.00436. The van der Waals surface area contributed by atoms with Crippen LogP contribution in [0.5, 0.6) is 0 Å². The number of likely N-dealkylation sites (tertiary alicyclic amines) is 1. The lowest BCUT2D eigenvalue weighted by molar-refractivity contribution is -0.141. The van der Waals surface area contributed by atoms with Crippen molar-refractivity contribution in [3.05, 3.63) is 0 Å². The molecule has 21 heavy (non-hydrogen) atoms. The predicted molar refractivity (Wildman–Crippen MR) is 80.8 cm³/mol. The highest BCUT2D eigenvalue weighted by atomic mass is 16.5. The first-order valence-corrected chi connectivity index (χ1v) is 8.34. The van der Waals surface area contributed by atoms with E-state index < -0.39 is 0 Å². The fourth-order valence-electron chi connectivity index (χ4n) is 3.15. The Morgan fingerprint density at radius 1 is 1.29 bits per heavy atom. The van der Waals surface area contributed by atoms with Gasteiger partial charge in [0.1, 0.15) is 0 Å². The number of ether oxygens (including phenoxy) is 1. The number of carbonyl (C=O) groups excluding carboxylic acids is 2. The van der Waals surface area contributed by atoms with Crippen molar-refractivity contribution in [1.82, 2.24) is 10.2 Å². The highest BCUT2D eigenvalue weighted by Crippen LogP contribution is 2.20. The van der Waals surface area contributed by atoms with E-state index in [2.05, 4.69) is 5.32 Å². The molecule has 2 unspecified atom stereocenters. The zero-order valence-electron chi connectivity index (χ0n) is 13.3. The third-order valence-corrected chi connectivity index (χ3v) is 4.61. The summed E-state index contributed by atoms with van der Waals surface area (Å²) in [6.45, 7) is 5.16. The van der Waals surface area contributed by atoms with E-state index in [4.69, 9.17) is 4.74 Å². The molecule has 2 amide bonds. The normalized spacial score (nSPS) is 25.6. The maximum atomic E-state index is 12.2. The van der Waals surface area contributed by atoms with Crippen LogP contribution in [0.3, 0.4) is 0 Å². The van der Waals surface area contributed by atoms with E-state index in [9.17, 15) is 9.59 Å². The Hall–Kier alpha value is -0.940. The number of carbonyl (C=O) groups is 2. The van der Waals surface area contributed by atoms with Crippen LogP contribution < -0.4 is 5.32 Å². The molecule has 0 aromatic carbocycles. The molecule has 5 nitrogen and oxygen atoms in total. The molecular weight excluding hydrogens is 268 g/mol. The smallest absolute Gasteiger partial charge is 0.247 e. The summed E-state index contributed by atoms with van der Waals surface area (Å²) in [5.74, 6) is -0.132. The van der Waals surface area contributed by atoms with Crippen LogP contribution in [0, 0.1) is 0 Å². The Morgan fingerprint density at radius 3 is 2.67 bits per heavy atom. The third kappa shape index (κ3) is 4.27. The summed E-state index contributed by atoms with van der Waals surface area (Å²) in [5.41, 5.74) is 0. The molecule has 1 saturated carbocycles. The van der Waals surface area contributed by atoms with Crippen LogP contribution in [-0.2, 0) is 14.3 Å². The van der Waals surface area contributed by atoms with Crippen molar-refractivity contribution in [2.45, 2.75) is 77.0 Å². The second-order valence-electron chi connectivity index (χ2n) is 6.20. The van der Waals surface area contributed by atoms with Crippen molar-refractivity contribution in [2.24, 2.45) is 0 Å². The summed E-state index contributed by atoms with van der Waals surface area (Å²) in [4.78, 5) is 25.5. The van der Waals surface area contributed by atoms with Gasteiger partial charge in [0.25, 0.3) is 0 Å². The average Bonchev–Trinajstić information content (AvgIpc) is 2.78. The first kappa shape index (κ1) is 16.4. The second kappa shape index (κ2) is 7.90. The summed E-state index contributed by atoms with van der Waals surface area (Å²) >= 11 is 0. The van der Waals surface area contributed by atoms with Gasteiger partial charge in [0.15, 0.2) is 0 Å². The lowest BCUT2D eigenvalue weighted by Crippen LogP contribution is -2.43. The molecule has 0 radical (unpaired) electrons. The van der Waals surface area contributed by atoms with Crippen LogP contribution in [-0.4, -0.2) is 48.1 Å². The predicted octanol–water partition coefficient (Wildman–Crippen LogP) is 1.85. The van der Waals surface area contributed by atoms with Gasteiger partial charge in [-0.2, -0.15) is 0 Å². The number of hydrogen-bond donors (Lipinski definition) is 1. The monoisotopic (exact) mass is 296 g/mol. The third-order valence-electron chi connectivity index (χ3n) is 4.61. The molecule has 2 fully saturated rings. The van der Waals surface area contributed by atoms with Gasteiger partial charge in [-0.25, -0.2) is 0 Å². The van der Waals surface area contributed by atoms with E-state index >= 15 is 0 Å². The zero-order chi connectivity index (χ0) is 15.2. The molecule has 5 heteroatoms. The quantitative estimate of drug-likeness (QED) is 0.575. The maximum absolute atomic E-state index is 12.2. The Kier molecular flexibility index (Phi) is 6.18. The zero-order valence-corrected chi connectivity index (χ0v) is 13.3. The Morgan fingerprint density at radius 2 is 2.00 bits per heavy atom. The Balaban J connectivity index is 1.69. The molecule has 2 aliphatic rings. The summed E-state index contributed by atoms with van der Waals surface area (Å²) < 4.78 is 5.83. The Bertz CT molecular complexity index is 367. The van der Waals surface area contributed by atoms with E-state index in [1.807, 2.05) is 13.8 Å². The molecule has 0 aromatic heterocycles. The van der Waals surface area contributed by atoms with Crippen molar-refractivity contribution >= 4 is 11.8 Å². The molecule has 0 spiro atoms. The van der Waals surface area contributed by atoms with Gasteiger partial charge < -0.3 is 10.1 Å². The number of nitrogens with zero attached hydrogens (tertiary/aromatic N) is 1. The molecule has 1 aliphatic carbocycles. The lowest BCUT2D eigenvalue weighted by atomic mass is 9.98. The number of nitrogens with one attached hydrogen (secondary N) is 1. The van der Waals surface area contributed by atoms with Crippen molar-refractivity contribution < 1.29 is 14.3 Å². The fourth-order valence-corrected chi connectivity index (χ4v) is 3.15. The molecule has 1 heterocycles. The van der Waals surface area contributed by atoms with Gasteiger partial charge in [-0.1, -0.05) is 26.2 Å². The van der Waals surface area contributed by atoms with Gasteiger partial charge in [0.05, 0.1) is 25.2 Å². The molecule has 1 N–H and O–H groups in total. The van der Waals surface area contributed by atoms with Gasteiger partial charge in [0.2, 0.25) is 11.8 Å². The molecule has 0 aromatic rings. The van der Waals surface area contributed by atoms with E-state index in [1.54, 1.807) is 0 Å². The van der Waals surface area contributed by atoms with Crippen LogP contribution >= 0.6 is 0 Å². The highest BCUT2D eigenvalue weighted by molar-refractivity contribution is 6.05. The molecule has 1 aliphatic heterocycles. The van der Waals surface area contributed by atoms with Crippen LogP contribution in [0.25, 0.3) is 0 Å². The topological polar surface area (TPSA) is 58.6 Å².